The molecule has 0 saturated heterocycles. The van der Waals surface area contributed by atoms with Crippen molar-refractivity contribution in [1.29, 1.82) is 0 Å². The van der Waals surface area contributed by atoms with Gasteiger partial charge in [-0.2, -0.15) is 0 Å². The average Bonchev–Trinajstić information content (AvgIpc) is 3.09. The van der Waals surface area contributed by atoms with Crippen LogP contribution in [0.4, 0.5) is 0 Å². The van der Waals surface area contributed by atoms with Crippen LogP contribution < -0.4 is 0 Å². The van der Waals surface area contributed by atoms with Gasteiger partial charge in [-0.1, -0.05) is 196 Å². The molecule has 0 aliphatic rings. The van der Waals surface area contributed by atoms with E-state index in [9.17, 15) is 4.79 Å². The molecule has 0 aromatic heterocycles. The van der Waals surface area contributed by atoms with Gasteiger partial charge in [0, 0.05) is 12.5 Å². The molecule has 0 N–H and O–H groups in total. The van der Waals surface area contributed by atoms with Crippen molar-refractivity contribution < 1.29 is 19.0 Å². The summed E-state index contributed by atoms with van der Waals surface area (Å²) in [6, 6.07) is 0. The van der Waals surface area contributed by atoms with Crippen LogP contribution in [0.3, 0.4) is 0 Å². The SMILES string of the molecule is CCCCCCCCCCCCCCC(CCCCCCCCCCCCCC)C(=O)OCC(C)(CC)CC(C)(C)CC(C)(C)OCCC(C)(C)OC. The van der Waals surface area contributed by atoms with E-state index in [-0.39, 0.29) is 33.9 Å². The van der Waals surface area contributed by atoms with Crippen LogP contribution in [0.25, 0.3) is 0 Å². The highest BCUT2D eigenvalue weighted by atomic mass is 16.5. The Hall–Kier alpha value is -0.610. The van der Waals surface area contributed by atoms with E-state index in [1.165, 1.54) is 141 Å². The Balaban J connectivity index is 4.92. The molecule has 0 radical (unpaired) electrons. The van der Waals surface area contributed by atoms with Gasteiger partial charge in [0.25, 0.3) is 0 Å². The minimum Gasteiger partial charge on any atom is -0.465 e. The molecule has 0 aliphatic carbocycles. The van der Waals surface area contributed by atoms with Gasteiger partial charge in [0.15, 0.2) is 0 Å². The Labute approximate surface area is 334 Å². The van der Waals surface area contributed by atoms with Crippen LogP contribution in [0.15, 0.2) is 0 Å². The van der Waals surface area contributed by atoms with E-state index < -0.39 is 0 Å². The molecule has 0 aromatic carbocycles. The van der Waals surface area contributed by atoms with Crippen molar-refractivity contribution in [3.8, 4) is 0 Å². The third-order valence-electron chi connectivity index (χ3n) is 12.1. The van der Waals surface area contributed by atoms with Gasteiger partial charge in [0.05, 0.1) is 30.3 Å². The van der Waals surface area contributed by atoms with Gasteiger partial charge in [-0.15, -0.1) is 0 Å². The summed E-state index contributed by atoms with van der Waals surface area (Å²) in [6.45, 7) is 23.7. The number of carbonyl (C=O) groups is 1. The van der Waals surface area contributed by atoms with Gasteiger partial charge in [0.1, 0.15) is 0 Å². The summed E-state index contributed by atoms with van der Waals surface area (Å²) in [4.78, 5) is 13.7. The van der Waals surface area contributed by atoms with Crippen molar-refractivity contribution in [2.75, 3.05) is 20.3 Å². The van der Waals surface area contributed by atoms with Crippen LogP contribution in [0.2, 0.25) is 0 Å². The molecule has 0 rings (SSSR count). The molecule has 0 bridgehead atoms. The van der Waals surface area contributed by atoms with Crippen LogP contribution in [0.5, 0.6) is 0 Å². The van der Waals surface area contributed by atoms with Gasteiger partial charge in [0.2, 0.25) is 0 Å². The second kappa shape index (κ2) is 31.5. The van der Waals surface area contributed by atoms with Crippen molar-refractivity contribution in [3.63, 3.8) is 0 Å². The zero-order chi connectivity index (χ0) is 39.9. The fourth-order valence-electron chi connectivity index (χ4n) is 8.58. The van der Waals surface area contributed by atoms with Crippen LogP contribution in [0.1, 0.15) is 262 Å². The molecule has 4 heteroatoms. The molecule has 0 heterocycles. The van der Waals surface area contributed by atoms with E-state index in [2.05, 4.69) is 69.2 Å². The highest BCUT2D eigenvalue weighted by Crippen LogP contribution is 2.42. The first-order valence-corrected chi connectivity index (χ1v) is 23.5. The number of hydrogen-bond acceptors (Lipinski definition) is 4. The second-order valence-corrected chi connectivity index (χ2v) is 19.7. The zero-order valence-corrected chi connectivity index (χ0v) is 38.3. The topological polar surface area (TPSA) is 44.8 Å². The number of esters is 1. The number of unbranched alkanes of at least 4 members (excludes halogenated alkanes) is 22. The molecule has 1 unspecified atom stereocenters. The molecule has 53 heavy (non-hydrogen) atoms. The van der Waals surface area contributed by atoms with E-state index in [1.54, 1.807) is 7.11 Å². The number of carbonyl (C=O) groups excluding carboxylic acids is 1. The standard InChI is InChI=1S/C49H98O4/c1-12-15-17-19-21-23-25-27-29-31-33-35-37-44(38-36-34-32-30-28-26-24-22-20-18-16-13-2)45(50)52-43-49(10,14-3)42-46(4,5)41-48(8,9)53-40-39-47(6,7)51-11/h44H,12-43H2,1-11H3. The number of methoxy groups -OCH3 is 1. The molecular weight excluding hydrogens is 653 g/mol. The van der Waals surface area contributed by atoms with Crippen LogP contribution in [0, 0.1) is 16.7 Å². The van der Waals surface area contributed by atoms with Crippen molar-refractivity contribution in [2.24, 2.45) is 16.7 Å². The minimum atomic E-state index is -0.230. The summed E-state index contributed by atoms with van der Waals surface area (Å²) in [7, 11) is 1.77. The summed E-state index contributed by atoms with van der Waals surface area (Å²) in [5.74, 6) is 0.122. The number of rotatable bonds is 39. The molecule has 0 spiro atoms. The molecule has 4 nitrogen and oxygen atoms in total. The van der Waals surface area contributed by atoms with Crippen molar-refractivity contribution in [2.45, 2.75) is 273 Å². The third kappa shape index (κ3) is 31.2. The highest BCUT2D eigenvalue weighted by molar-refractivity contribution is 5.72. The summed E-state index contributed by atoms with van der Waals surface area (Å²) < 4.78 is 18.3. The van der Waals surface area contributed by atoms with E-state index in [1.807, 2.05) is 0 Å². The minimum absolute atomic E-state index is 0.0518. The second-order valence-electron chi connectivity index (χ2n) is 19.7. The van der Waals surface area contributed by atoms with Gasteiger partial charge >= 0.3 is 5.97 Å². The highest BCUT2D eigenvalue weighted by Gasteiger charge is 2.37. The van der Waals surface area contributed by atoms with Crippen LogP contribution in [-0.4, -0.2) is 37.5 Å². The van der Waals surface area contributed by atoms with E-state index in [0.29, 0.717) is 13.2 Å². The van der Waals surface area contributed by atoms with Gasteiger partial charge in [-0.25, -0.2) is 0 Å². The van der Waals surface area contributed by atoms with Gasteiger partial charge < -0.3 is 14.2 Å². The molecule has 0 aromatic rings. The largest absolute Gasteiger partial charge is 0.465 e. The first kappa shape index (κ1) is 52.4. The Bertz CT molecular complexity index is 804. The van der Waals surface area contributed by atoms with Crippen LogP contribution >= 0.6 is 0 Å². The molecule has 318 valence electrons. The van der Waals surface area contributed by atoms with Crippen molar-refractivity contribution in [3.05, 3.63) is 0 Å². The smallest absolute Gasteiger partial charge is 0.308 e. The summed E-state index contributed by atoms with van der Waals surface area (Å²) in [5, 5.41) is 0. The Kier molecular flexibility index (Phi) is 31.1. The number of ether oxygens (including phenoxy) is 3. The average molecular weight is 751 g/mol. The fraction of sp³-hybridized carbons (Fsp3) is 0.980. The zero-order valence-electron chi connectivity index (χ0n) is 38.3. The molecular formula is C49H98O4. The Morgan fingerprint density at radius 2 is 0.887 bits per heavy atom. The molecule has 1 atom stereocenters. The lowest BCUT2D eigenvalue weighted by atomic mass is 9.69. The molecule has 0 fully saturated rings. The lowest BCUT2D eigenvalue weighted by molar-refractivity contribution is -0.154. The maximum Gasteiger partial charge on any atom is 0.308 e. The lowest BCUT2D eigenvalue weighted by Gasteiger charge is -2.41. The number of hydrogen-bond donors (Lipinski definition) is 0. The first-order valence-electron chi connectivity index (χ1n) is 23.5. The maximum absolute atomic E-state index is 13.7. The van der Waals surface area contributed by atoms with E-state index >= 15 is 0 Å². The Morgan fingerprint density at radius 1 is 0.509 bits per heavy atom. The summed E-state index contributed by atoms with van der Waals surface area (Å²) in [5.41, 5.74) is -0.398. The molecule has 0 saturated carbocycles. The van der Waals surface area contributed by atoms with Crippen molar-refractivity contribution >= 4 is 5.97 Å². The van der Waals surface area contributed by atoms with Gasteiger partial charge in [-0.3, -0.25) is 4.79 Å². The predicted octanol–water partition coefficient (Wildman–Crippen LogP) is 16.2. The third-order valence-corrected chi connectivity index (χ3v) is 12.1. The van der Waals surface area contributed by atoms with Crippen LogP contribution in [-0.2, 0) is 19.0 Å². The lowest BCUT2D eigenvalue weighted by Crippen LogP contribution is -2.38. The van der Waals surface area contributed by atoms with Gasteiger partial charge in [-0.05, 0) is 71.6 Å². The summed E-state index contributed by atoms with van der Waals surface area (Å²) >= 11 is 0. The van der Waals surface area contributed by atoms with E-state index in [4.69, 9.17) is 14.2 Å². The monoisotopic (exact) mass is 751 g/mol. The normalized spacial score (nSPS) is 13.9. The quantitative estimate of drug-likeness (QED) is 0.0463. The first-order chi connectivity index (χ1) is 25.1. The molecule has 0 aliphatic heterocycles. The predicted molar refractivity (Wildman–Crippen MR) is 233 cm³/mol. The molecule has 0 amide bonds. The van der Waals surface area contributed by atoms with E-state index in [0.717, 1.165) is 51.4 Å². The summed E-state index contributed by atoms with van der Waals surface area (Å²) in [6.07, 6.45) is 38.2. The Morgan fingerprint density at radius 3 is 1.25 bits per heavy atom. The van der Waals surface area contributed by atoms with Crippen molar-refractivity contribution in [1.82, 2.24) is 0 Å². The maximum atomic E-state index is 13.7. The fourth-order valence-corrected chi connectivity index (χ4v) is 8.58.